The van der Waals surface area contributed by atoms with Crippen molar-refractivity contribution < 1.29 is 30.8 Å². The van der Waals surface area contributed by atoms with Crippen LogP contribution in [0.1, 0.15) is 31.0 Å². The number of benzene rings is 1. The topological polar surface area (TPSA) is 105 Å². The lowest BCUT2D eigenvalue weighted by molar-refractivity contribution is -0.137. The monoisotopic (exact) mass is 523 g/mol. The van der Waals surface area contributed by atoms with Gasteiger partial charge in [-0.1, -0.05) is 0 Å². The van der Waals surface area contributed by atoms with E-state index in [0.29, 0.717) is 18.3 Å². The third-order valence-corrected chi connectivity index (χ3v) is 8.01. The second-order valence-electron chi connectivity index (χ2n) is 8.42. The van der Waals surface area contributed by atoms with Crippen LogP contribution in [0.3, 0.4) is 0 Å². The van der Waals surface area contributed by atoms with E-state index in [1.54, 1.807) is 0 Å². The van der Waals surface area contributed by atoms with Crippen molar-refractivity contribution in [1.29, 1.82) is 0 Å². The van der Waals surface area contributed by atoms with Gasteiger partial charge in [0.05, 0.1) is 34.1 Å². The molecule has 1 aromatic carbocycles. The maximum absolute atomic E-state index is 13.3. The van der Waals surface area contributed by atoms with E-state index in [9.17, 15) is 30.8 Å². The quantitative estimate of drug-likeness (QED) is 0.496. The molecule has 1 atom stereocenters. The number of halogens is 4. The fourth-order valence-corrected chi connectivity index (χ4v) is 5.80. The lowest BCUT2D eigenvalue weighted by atomic mass is 9.99. The largest absolute Gasteiger partial charge is 0.417 e. The third-order valence-electron chi connectivity index (χ3n) is 5.97. The Hall–Kier alpha value is -3.45. The molecule has 1 fully saturated rings. The number of amides is 1. The van der Waals surface area contributed by atoms with Gasteiger partial charge in [0.1, 0.15) is 17.7 Å². The number of alkyl halides is 3. The zero-order chi connectivity index (χ0) is 26.1. The molecular weight excluding hydrogens is 502 g/mol. The minimum Gasteiger partial charge on any atom is -0.349 e. The van der Waals surface area contributed by atoms with Crippen LogP contribution in [0.4, 0.5) is 17.6 Å². The second kappa shape index (κ2) is 9.54. The van der Waals surface area contributed by atoms with Crippen LogP contribution in [0.2, 0.25) is 0 Å². The minimum absolute atomic E-state index is 0.0744. The highest BCUT2D eigenvalue weighted by Crippen LogP contribution is 2.35. The van der Waals surface area contributed by atoms with E-state index >= 15 is 0 Å². The summed E-state index contributed by atoms with van der Waals surface area (Å²) in [5.41, 5.74) is -1.46. The number of aromatic nitrogens is 3. The van der Waals surface area contributed by atoms with Crippen LogP contribution in [0.25, 0.3) is 11.4 Å². The highest BCUT2D eigenvalue weighted by atomic mass is 32.2. The highest BCUT2D eigenvalue weighted by Gasteiger charge is 2.49. The van der Waals surface area contributed by atoms with Gasteiger partial charge in [0.15, 0.2) is 0 Å². The Labute approximate surface area is 204 Å². The lowest BCUT2D eigenvalue weighted by Crippen LogP contribution is -2.55. The molecule has 0 bridgehead atoms. The summed E-state index contributed by atoms with van der Waals surface area (Å²) in [6.07, 6.45) is -1.87. The molecule has 1 amide bonds. The zero-order valence-corrected chi connectivity index (χ0v) is 19.8. The van der Waals surface area contributed by atoms with Crippen molar-refractivity contribution in [1.82, 2.24) is 24.6 Å². The van der Waals surface area contributed by atoms with Crippen molar-refractivity contribution in [2.45, 2.75) is 42.9 Å². The van der Waals surface area contributed by atoms with E-state index in [1.807, 2.05) is 0 Å². The molecule has 4 rings (SSSR count). The molecule has 0 spiro atoms. The molecule has 3 heterocycles. The summed E-state index contributed by atoms with van der Waals surface area (Å²) < 4.78 is 79.0. The van der Waals surface area contributed by atoms with Crippen LogP contribution in [0.15, 0.2) is 59.9 Å². The molecule has 0 unspecified atom stereocenters. The van der Waals surface area contributed by atoms with E-state index in [4.69, 9.17) is 0 Å². The first kappa shape index (κ1) is 25.6. The van der Waals surface area contributed by atoms with Crippen molar-refractivity contribution in [2.24, 2.45) is 0 Å². The van der Waals surface area contributed by atoms with E-state index in [1.165, 1.54) is 25.4 Å². The van der Waals surface area contributed by atoms with Crippen LogP contribution >= 0.6 is 0 Å². The summed E-state index contributed by atoms with van der Waals surface area (Å²) in [5.74, 6) is -1.12. The number of rotatable bonds is 6. The molecule has 8 nitrogen and oxygen atoms in total. The predicted molar refractivity (Wildman–Crippen MR) is 120 cm³/mol. The van der Waals surface area contributed by atoms with Gasteiger partial charge in [0.25, 0.3) is 0 Å². The second-order valence-corrected chi connectivity index (χ2v) is 10.3. The SMILES string of the molecule is C[C@@]1(C(=O)NCc2cc(-c3ccc(C(F)(F)F)cn3)ncn2)CCCN1S(=O)(=O)c1ccc(F)cc1. The summed E-state index contributed by atoms with van der Waals surface area (Å²) in [5, 5.41) is 2.69. The fraction of sp³-hybridized carbons (Fsp3) is 0.304. The first-order valence-corrected chi connectivity index (χ1v) is 12.3. The molecule has 1 saturated heterocycles. The van der Waals surface area contributed by atoms with Crippen LogP contribution in [0.5, 0.6) is 0 Å². The maximum atomic E-state index is 13.3. The molecule has 1 aliphatic rings. The minimum atomic E-state index is -4.51. The Morgan fingerprint density at radius 3 is 2.44 bits per heavy atom. The first-order chi connectivity index (χ1) is 16.9. The molecule has 1 aliphatic heterocycles. The molecule has 1 N–H and O–H groups in total. The number of pyridine rings is 1. The van der Waals surface area contributed by atoms with Gasteiger partial charge < -0.3 is 5.32 Å². The Morgan fingerprint density at radius 2 is 1.81 bits per heavy atom. The van der Waals surface area contributed by atoms with Gasteiger partial charge in [-0.3, -0.25) is 9.78 Å². The van der Waals surface area contributed by atoms with Gasteiger partial charge in [-0.15, -0.1) is 0 Å². The fourth-order valence-electron chi connectivity index (χ4n) is 3.99. The van der Waals surface area contributed by atoms with Crippen molar-refractivity contribution in [3.63, 3.8) is 0 Å². The Morgan fingerprint density at radius 1 is 1.08 bits per heavy atom. The summed E-state index contributed by atoms with van der Waals surface area (Å²) in [6.45, 7) is 1.57. The number of nitrogens with zero attached hydrogens (tertiary/aromatic N) is 4. The highest BCUT2D eigenvalue weighted by molar-refractivity contribution is 7.89. The van der Waals surface area contributed by atoms with E-state index < -0.39 is 39.0 Å². The van der Waals surface area contributed by atoms with Crippen LogP contribution < -0.4 is 5.32 Å². The summed E-state index contributed by atoms with van der Waals surface area (Å²) in [7, 11) is -4.06. The maximum Gasteiger partial charge on any atom is 0.417 e. The van der Waals surface area contributed by atoms with Gasteiger partial charge in [-0.2, -0.15) is 17.5 Å². The molecule has 0 radical (unpaired) electrons. The molecule has 3 aromatic rings. The molecular formula is C23H21F4N5O3S. The van der Waals surface area contributed by atoms with Gasteiger partial charge in [-0.05, 0) is 62.2 Å². The van der Waals surface area contributed by atoms with Crippen LogP contribution in [0, 0.1) is 5.82 Å². The lowest BCUT2D eigenvalue weighted by Gasteiger charge is -2.33. The number of nitrogens with one attached hydrogen (secondary N) is 1. The Balaban J connectivity index is 1.48. The van der Waals surface area contributed by atoms with Crippen molar-refractivity contribution in [2.75, 3.05) is 6.54 Å². The Kier molecular flexibility index (Phi) is 6.80. The van der Waals surface area contributed by atoms with Crippen LogP contribution in [-0.2, 0) is 27.5 Å². The molecule has 13 heteroatoms. The first-order valence-electron chi connectivity index (χ1n) is 10.8. The molecule has 2 aromatic heterocycles. The van der Waals surface area contributed by atoms with Gasteiger partial charge in [0, 0.05) is 12.7 Å². The molecule has 190 valence electrons. The number of hydrogen-bond acceptors (Lipinski definition) is 6. The van der Waals surface area contributed by atoms with Crippen molar-refractivity contribution in [3.05, 3.63) is 72.1 Å². The van der Waals surface area contributed by atoms with Crippen molar-refractivity contribution >= 4 is 15.9 Å². The Bertz CT molecular complexity index is 1370. The molecule has 36 heavy (non-hydrogen) atoms. The number of carbonyl (C=O) groups is 1. The summed E-state index contributed by atoms with van der Waals surface area (Å²) in [6, 6.07) is 7.93. The summed E-state index contributed by atoms with van der Waals surface area (Å²) in [4.78, 5) is 24.9. The van der Waals surface area contributed by atoms with Crippen molar-refractivity contribution in [3.8, 4) is 11.4 Å². The zero-order valence-electron chi connectivity index (χ0n) is 19.0. The molecule has 0 saturated carbocycles. The van der Waals surface area contributed by atoms with E-state index in [2.05, 4.69) is 20.3 Å². The van der Waals surface area contributed by atoms with Gasteiger partial charge in [0.2, 0.25) is 15.9 Å². The van der Waals surface area contributed by atoms with E-state index in [0.717, 1.165) is 34.6 Å². The van der Waals surface area contributed by atoms with Gasteiger partial charge in [-0.25, -0.2) is 22.8 Å². The smallest absolute Gasteiger partial charge is 0.349 e. The third kappa shape index (κ3) is 5.07. The van der Waals surface area contributed by atoms with E-state index in [-0.39, 0.29) is 35.8 Å². The summed E-state index contributed by atoms with van der Waals surface area (Å²) >= 11 is 0. The number of sulfonamides is 1. The van der Waals surface area contributed by atoms with Gasteiger partial charge >= 0.3 is 6.18 Å². The predicted octanol–water partition coefficient (Wildman–Crippen LogP) is 3.56. The van der Waals surface area contributed by atoms with Crippen LogP contribution in [-0.4, -0.2) is 45.7 Å². The normalized spacial score (nSPS) is 18.8. The molecule has 0 aliphatic carbocycles. The average molecular weight is 524 g/mol. The number of hydrogen-bond donors (Lipinski definition) is 1. The average Bonchev–Trinajstić information content (AvgIpc) is 3.26. The number of carbonyl (C=O) groups excluding carboxylic acids is 1. The standard InChI is InChI=1S/C23H21F4N5O3S/c1-22(9-2-10-32(22)36(34,35)18-6-4-16(24)5-7-18)21(33)29-13-17-11-20(31-14-30-17)19-8-3-15(12-28-19)23(25,26)27/h3-8,11-12,14H,2,9-10,13H2,1H3,(H,29,33)/t22-/m0/s1.